The van der Waals surface area contributed by atoms with E-state index >= 15 is 0 Å². The van der Waals surface area contributed by atoms with Gasteiger partial charge in [0, 0.05) is 11.1 Å². The Morgan fingerprint density at radius 2 is 2.05 bits per heavy atom. The molecule has 0 saturated heterocycles. The molecule has 0 fully saturated rings. The molecule has 1 aromatic heterocycles. The van der Waals surface area contributed by atoms with Crippen LogP contribution in [0.15, 0.2) is 24.4 Å². The van der Waals surface area contributed by atoms with Crippen LogP contribution in [-0.2, 0) is 4.74 Å². The van der Waals surface area contributed by atoms with Crippen molar-refractivity contribution in [2.75, 3.05) is 5.32 Å². The molecule has 1 aromatic carbocycles. The summed E-state index contributed by atoms with van der Waals surface area (Å²) >= 11 is 0. The lowest BCUT2D eigenvalue weighted by atomic mass is 10.1. The van der Waals surface area contributed by atoms with Crippen molar-refractivity contribution in [3.8, 4) is 0 Å². The van der Waals surface area contributed by atoms with Gasteiger partial charge in [-0.2, -0.15) is 10.2 Å². The zero-order chi connectivity index (χ0) is 14.0. The van der Waals surface area contributed by atoms with E-state index < -0.39 is 11.7 Å². The minimum atomic E-state index is -0.514. The third kappa shape index (κ3) is 3.40. The summed E-state index contributed by atoms with van der Waals surface area (Å²) in [5.74, 6) is 0. The van der Waals surface area contributed by atoms with Crippen LogP contribution in [0.25, 0.3) is 10.9 Å². The molecule has 5 nitrogen and oxygen atoms in total. The fourth-order valence-electron chi connectivity index (χ4n) is 1.69. The largest absolute Gasteiger partial charge is 0.444 e. The van der Waals surface area contributed by atoms with E-state index in [9.17, 15) is 4.79 Å². The fraction of sp³-hybridized carbons (Fsp3) is 0.357. The lowest BCUT2D eigenvalue weighted by Gasteiger charge is -2.20. The number of fused-ring (bicyclic) bond motifs is 1. The number of amides is 1. The maximum atomic E-state index is 11.8. The molecule has 100 valence electrons. The van der Waals surface area contributed by atoms with E-state index in [1.807, 2.05) is 45.9 Å². The molecule has 1 amide bonds. The SMILES string of the molecule is Cc1cc2nnccc2cc1NC(=O)OC(C)(C)C. The van der Waals surface area contributed by atoms with Crippen LogP contribution in [0.3, 0.4) is 0 Å². The summed E-state index contributed by atoms with van der Waals surface area (Å²) in [5.41, 5.74) is 1.92. The molecule has 2 aromatic rings. The molecule has 0 bridgehead atoms. The molecule has 1 heterocycles. The average molecular weight is 259 g/mol. The number of hydrogen-bond donors (Lipinski definition) is 1. The summed E-state index contributed by atoms with van der Waals surface area (Å²) in [7, 11) is 0. The Kier molecular flexibility index (Phi) is 3.38. The first kappa shape index (κ1) is 13.3. The highest BCUT2D eigenvalue weighted by Crippen LogP contribution is 2.22. The van der Waals surface area contributed by atoms with E-state index in [4.69, 9.17) is 4.74 Å². The number of aromatic nitrogens is 2. The van der Waals surface area contributed by atoms with Crippen LogP contribution in [-0.4, -0.2) is 21.9 Å². The number of ether oxygens (including phenoxy) is 1. The number of hydrogen-bond acceptors (Lipinski definition) is 4. The van der Waals surface area contributed by atoms with Gasteiger partial charge in [-0.3, -0.25) is 5.32 Å². The van der Waals surface area contributed by atoms with Crippen molar-refractivity contribution in [3.63, 3.8) is 0 Å². The van der Waals surface area contributed by atoms with Crippen LogP contribution in [0, 0.1) is 6.92 Å². The number of carbonyl (C=O) groups is 1. The van der Waals surface area contributed by atoms with Gasteiger partial charge >= 0.3 is 6.09 Å². The van der Waals surface area contributed by atoms with E-state index in [1.165, 1.54) is 0 Å². The molecule has 5 heteroatoms. The predicted octanol–water partition coefficient (Wildman–Crippen LogP) is 3.29. The lowest BCUT2D eigenvalue weighted by molar-refractivity contribution is 0.0636. The summed E-state index contributed by atoms with van der Waals surface area (Å²) < 4.78 is 5.23. The minimum Gasteiger partial charge on any atom is -0.444 e. The van der Waals surface area contributed by atoms with Crippen molar-refractivity contribution in [2.45, 2.75) is 33.3 Å². The van der Waals surface area contributed by atoms with Crippen molar-refractivity contribution < 1.29 is 9.53 Å². The van der Waals surface area contributed by atoms with Gasteiger partial charge in [0.1, 0.15) is 5.60 Å². The third-order valence-electron chi connectivity index (χ3n) is 2.50. The van der Waals surface area contributed by atoms with Gasteiger partial charge in [0.15, 0.2) is 0 Å². The van der Waals surface area contributed by atoms with E-state index in [0.717, 1.165) is 22.2 Å². The summed E-state index contributed by atoms with van der Waals surface area (Å²) in [6.07, 6.45) is 1.16. The summed E-state index contributed by atoms with van der Waals surface area (Å²) in [4.78, 5) is 11.8. The summed E-state index contributed by atoms with van der Waals surface area (Å²) in [5, 5.41) is 11.5. The van der Waals surface area contributed by atoms with Crippen molar-refractivity contribution in [1.29, 1.82) is 0 Å². The predicted molar refractivity (Wildman–Crippen MR) is 74.1 cm³/mol. The highest BCUT2D eigenvalue weighted by Gasteiger charge is 2.17. The van der Waals surface area contributed by atoms with Gasteiger partial charge in [0.25, 0.3) is 0 Å². The molecule has 0 radical (unpaired) electrons. The molecule has 0 aliphatic rings. The standard InChI is InChI=1S/C14H17N3O2/c1-9-7-12-10(5-6-15-17-12)8-11(9)16-13(18)19-14(2,3)4/h5-8H,1-4H3,(H,16,18). The van der Waals surface area contributed by atoms with Crippen LogP contribution < -0.4 is 5.32 Å². The molecule has 0 spiro atoms. The Labute approximate surface area is 112 Å². The number of nitrogens with zero attached hydrogens (tertiary/aromatic N) is 2. The normalized spacial score (nSPS) is 11.4. The Morgan fingerprint density at radius 1 is 1.32 bits per heavy atom. The molecule has 19 heavy (non-hydrogen) atoms. The van der Waals surface area contributed by atoms with E-state index in [0.29, 0.717) is 0 Å². The zero-order valence-corrected chi connectivity index (χ0v) is 11.5. The molecule has 2 rings (SSSR count). The van der Waals surface area contributed by atoms with E-state index in [2.05, 4.69) is 15.5 Å². The Bertz CT molecular complexity index is 618. The summed E-state index contributed by atoms with van der Waals surface area (Å²) in [6.45, 7) is 7.39. The number of anilines is 1. The van der Waals surface area contributed by atoms with Crippen molar-refractivity contribution in [1.82, 2.24) is 10.2 Å². The highest BCUT2D eigenvalue weighted by atomic mass is 16.6. The molecular weight excluding hydrogens is 242 g/mol. The second-order valence-electron chi connectivity index (χ2n) is 5.38. The van der Waals surface area contributed by atoms with Gasteiger partial charge in [0.2, 0.25) is 0 Å². The van der Waals surface area contributed by atoms with Crippen LogP contribution in [0.1, 0.15) is 26.3 Å². The van der Waals surface area contributed by atoms with Crippen LogP contribution in [0.2, 0.25) is 0 Å². The van der Waals surface area contributed by atoms with Gasteiger partial charge in [-0.1, -0.05) is 0 Å². The first-order valence-corrected chi connectivity index (χ1v) is 6.07. The van der Waals surface area contributed by atoms with Gasteiger partial charge in [-0.05, 0) is 51.5 Å². The number of nitrogens with one attached hydrogen (secondary N) is 1. The Balaban J connectivity index is 2.25. The van der Waals surface area contributed by atoms with Crippen LogP contribution in [0.5, 0.6) is 0 Å². The van der Waals surface area contributed by atoms with E-state index in [1.54, 1.807) is 6.20 Å². The highest BCUT2D eigenvalue weighted by molar-refractivity contribution is 5.91. The molecule has 1 N–H and O–H groups in total. The second-order valence-corrected chi connectivity index (χ2v) is 5.38. The van der Waals surface area contributed by atoms with Gasteiger partial charge in [-0.15, -0.1) is 0 Å². The minimum absolute atomic E-state index is 0.461. The smallest absolute Gasteiger partial charge is 0.412 e. The fourth-order valence-corrected chi connectivity index (χ4v) is 1.69. The van der Waals surface area contributed by atoms with Crippen LogP contribution >= 0.6 is 0 Å². The molecule has 0 aliphatic carbocycles. The molecular formula is C14H17N3O2. The van der Waals surface area contributed by atoms with Crippen LogP contribution in [0.4, 0.5) is 10.5 Å². The topological polar surface area (TPSA) is 64.1 Å². The van der Waals surface area contributed by atoms with Gasteiger partial charge in [0.05, 0.1) is 11.7 Å². The first-order chi connectivity index (χ1) is 8.85. The van der Waals surface area contributed by atoms with Crippen molar-refractivity contribution >= 4 is 22.7 Å². The maximum absolute atomic E-state index is 11.8. The number of rotatable bonds is 1. The van der Waals surface area contributed by atoms with Gasteiger partial charge < -0.3 is 4.74 Å². The number of benzene rings is 1. The number of carbonyl (C=O) groups excluding carboxylic acids is 1. The van der Waals surface area contributed by atoms with E-state index in [-0.39, 0.29) is 0 Å². The maximum Gasteiger partial charge on any atom is 0.412 e. The molecule has 0 atom stereocenters. The molecule has 0 saturated carbocycles. The lowest BCUT2D eigenvalue weighted by Crippen LogP contribution is -2.27. The van der Waals surface area contributed by atoms with Crippen molar-refractivity contribution in [3.05, 3.63) is 30.0 Å². The average Bonchev–Trinajstić information content (AvgIpc) is 2.27. The zero-order valence-electron chi connectivity index (χ0n) is 11.5. The van der Waals surface area contributed by atoms with Crippen molar-refractivity contribution in [2.24, 2.45) is 0 Å². The quantitative estimate of drug-likeness (QED) is 0.853. The number of aryl methyl sites for hydroxylation is 1. The Morgan fingerprint density at radius 3 is 2.74 bits per heavy atom. The Hall–Kier alpha value is -2.17. The monoisotopic (exact) mass is 259 g/mol. The van der Waals surface area contributed by atoms with Gasteiger partial charge in [-0.25, -0.2) is 4.79 Å². The molecule has 0 unspecified atom stereocenters. The molecule has 0 aliphatic heterocycles. The first-order valence-electron chi connectivity index (χ1n) is 6.07. The second kappa shape index (κ2) is 4.84. The third-order valence-corrected chi connectivity index (χ3v) is 2.50. The summed E-state index contributed by atoms with van der Waals surface area (Å²) in [6, 6.07) is 5.60.